The normalized spacial score (nSPS) is 18.5. The number of benzene rings is 1. The van der Waals surface area contributed by atoms with Crippen molar-refractivity contribution < 1.29 is 5.11 Å². The number of aryl methyl sites for hydroxylation is 1. The van der Waals surface area contributed by atoms with Crippen molar-refractivity contribution in [2.75, 3.05) is 5.73 Å². The molecule has 0 radical (unpaired) electrons. The number of nitrogen functional groups attached to an aromatic ring is 1. The van der Waals surface area contributed by atoms with E-state index in [9.17, 15) is 5.11 Å². The van der Waals surface area contributed by atoms with Gasteiger partial charge in [0.05, 0.1) is 11.6 Å². The van der Waals surface area contributed by atoms with Gasteiger partial charge in [-0.1, -0.05) is 18.2 Å². The van der Waals surface area contributed by atoms with Crippen molar-refractivity contribution in [1.82, 2.24) is 4.98 Å². The predicted molar refractivity (Wildman–Crippen MR) is 71.4 cm³/mol. The van der Waals surface area contributed by atoms with Crippen LogP contribution in [0, 0.1) is 0 Å². The number of hydrogen-bond donors (Lipinski definition) is 2. The number of rotatable bonds is 0. The number of aliphatic hydroxyl groups is 1. The van der Waals surface area contributed by atoms with Crippen LogP contribution in [0.1, 0.15) is 17.7 Å². The summed E-state index contributed by atoms with van der Waals surface area (Å²) in [7, 11) is 0. The van der Waals surface area contributed by atoms with Crippen molar-refractivity contribution in [3.8, 4) is 0 Å². The number of anilines is 1. The maximum Gasteiger partial charge on any atom is 0.0726 e. The lowest BCUT2D eigenvalue weighted by Crippen LogP contribution is -2.21. The van der Waals surface area contributed by atoms with Gasteiger partial charge in [0.25, 0.3) is 0 Å². The second-order valence-corrected chi connectivity index (χ2v) is 4.36. The summed E-state index contributed by atoms with van der Waals surface area (Å²) >= 11 is 0. The molecular formula is C13H15ClN2O. The molecule has 1 aliphatic rings. The van der Waals surface area contributed by atoms with Crippen molar-refractivity contribution in [1.29, 1.82) is 0 Å². The minimum atomic E-state index is -0.266. The van der Waals surface area contributed by atoms with Gasteiger partial charge in [0.2, 0.25) is 0 Å². The molecule has 2 aromatic rings. The summed E-state index contributed by atoms with van der Waals surface area (Å²) in [5, 5.41) is 10.7. The number of para-hydroxylation sites is 1. The SMILES string of the molecule is Cl.Nc1c2c(nc3ccccc13)CCC(O)C2. The zero-order valence-corrected chi connectivity index (χ0v) is 10.2. The van der Waals surface area contributed by atoms with Crippen LogP contribution in [0.5, 0.6) is 0 Å². The van der Waals surface area contributed by atoms with Gasteiger partial charge < -0.3 is 10.8 Å². The zero-order valence-electron chi connectivity index (χ0n) is 9.39. The van der Waals surface area contributed by atoms with Crippen LogP contribution in [-0.4, -0.2) is 16.2 Å². The van der Waals surface area contributed by atoms with Gasteiger partial charge in [-0.15, -0.1) is 12.4 Å². The highest BCUT2D eigenvalue weighted by molar-refractivity contribution is 5.92. The number of pyridine rings is 1. The van der Waals surface area contributed by atoms with Crippen LogP contribution in [0.3, 0.4) is 0 Å². The Morgan fingerprint density at radius 1 is 1.29 bits per heavy atom. The van der Waals surface area contributed by atoms with Crippen molar-refractivity contribution >= 4 is 29.0 Å². The molecule has 1 aromatic heterocycles. The fourth-order valence-corrected chi connectivity index (χ4v) is 2.41. The number of aromatic nitrogens is 1. The van der Waals surface area contributed by atoms with E-state index < -0.39 is 0 Å². The first-order valence-corrected chi connectivity index (χ1v) is 5.60. The van der Waals surface area contributed by atoms with Gasteiger partial charge in [-0.25, -0.2) is 0 Å². The lowest BCUT2D eigenvalue weighted by Gasteiger charge is -2.22. The predicted octanol–water partition coefficient (Wildman–Crippen LogP) is 2.09. The molecule has 3 nitrogen and oxygen atoms in total. The first-order chi connectivity index (χ1) is 7.75. The fourth-order valence-electron chi connectivity index (χ4n) is 2.41. The van der Waals surface area contributed by atoms with Crippen LogP contribution in [0.25, 0.3) is 10.9 Å². The molecule has 0 fully saturated rings. The summed E-state index contributed by atoms with van der Waals surface area (Å²) in [4.78, 5) is 4.62. The molecule has 0 bridgehead atoms. The van der Waals surface area contributed by atoms with E-state index >= 15 is 0 Å². The van der Waals surface area contributed by atoms with Gasteiger partial charge in [0.15, 0.2) is 0 Å². The van der Waals surface area contributed by atoms with Crippen molar-refractivity contribution in [3.63, 3.8) is 0 Å². The quantitative estimate of drug-likeness (QED) is 0.753. The topological polar surface area (TPSA) is 59.1 Å². The number of nitrogens with two attached hydrogens (primary N) is 1. The molecule has 1 atom stereocenters. The standard InChI is InChI=1S/C13H14N2O.ClH/c14-13-9-3-1-2-4-11(9)15-12-6-5-8(16)7-10(12)13;/h1-4,8,16H,5-7H2,(H2,14,15);1H. The minimum absolute atomic E-state index is 0. The van der Waals surface area contributed by atoms with E-state index in [1.807, 2.05) is 24.3 Å². The summed E-state index contributed by atoms with van der Waals surface area (Å²) < 4.78 is 0. The molecule has 0 spiro atoms. The molecule has 0 saturated heterocycles. The molecule has 0 aliphatic heterocycles. The van der Waals surface area contributed by atoms with Crippen LogP contribution in [0.15, 0.2) is 24.3 Å². The van der Waals surface area contributed by atoms with Crippen LogP contribution in [-0.2, 0) is 12.8 Å². The highest BCUT2D eigenvalue weighted by atomic mass is 35.5. The van der Waals surface area contributed by atoms with E-state index in [2.05, 4.69) is 4.98 Å². The molecule has 0 amide bonds. The van der Waals surface area contributed by atoms with Gasteiger partial charge in [-0.3, -0.25) is 4.98 Å². The number of nitrogens with zero attached hydrogens (tertiary/aromatic N) is 1. The molecule has 4 heteroatoms. The first-order valence-electron chi connectivity index (χ1n) is 5.60. The molecule has 17 heavy (non-hydrogen) atoms. The van der Waals surface area contributed by atoms with E-state index in [-0.39, 0.29) is 18.5 Å². The molecular weight excluding hydrogens is 236 g/mol. The second-order valence-electron chi connectivity index (χ2n) is 4.36. The number of halogens is 1. The minimum Gasteiger partial charge on any atom is -0.398 e. The van der Waals surface area contributed by atoms with Gasteiger partial charge >= 0.3 is 0 Å². The largest absolute Gasteiger partial charge is 0.398 e. The summed E-state index contributed by atoms with van der Waals surface area (Å²) in [6.45, 7) is 0. The molecule has 1 aromatic carbocycles. The molecule has 90 valence electrons. The highest BCUT2D eigenvalue weighted by Crippen LogP contribution is 2.30. The maximum atomic E-state index is 9.67. The number of hydrogen-bond acceptors (Lipinski definition) is 3. The first kappa shape index (κ1) is 12.1. The number of aliphatic hydroxyl groups excluding tert-OH is 1. The van der Waals surface area contributed by atoms with Crippen molar-refractivity contribution in [2.24, 2.45) is 0 Å². The third kappa shape index (κ3) is 1.96. The second kappa shape index (κ2) is 4.51. The van der Waals surface area contributed by atoms with Crippen LogP contribution >= 0.6 is 12.4 Å². The molecule has 1 heterocycles. The van der Waals surface area contributed by atoms with Gasteiger partial charge in [0, 0.05) is 23.2 Å². The van der Waals surface area contributed by atoms with Crippen LogP contribution in [0.2, 0.25) is 0 Å². The number of fused-ring (bicyclic) bond motifs is 2. The van der Waals surface area contributed by atoms with Gasteiger partial charge in [-0.05, 0) is 24.5 Å². The Morgan fingerprint density at radius 2 is 2.06 bits per heavy atom. The van der Waals surface area contributed by atoms with E-state index in [0.29, 0.717) is 6.42 Å². The lowest BCUT2D eigenvalue weighted by molar-refractivity contribution is 0.158. The van der Waals surface area contributed by atoms with Crippen molar-refractivity contribution in [2.45, 2.75) is 25.4 Å². The smallest absolute Gasteiger partial charge is 0.0726 e. The Morgan fingerprint density at radius 3 is 2.88 bits per heavy atom. The average Bonchev–Trinajstić information content (AvgIpc) is 2.31. The molecule has 1 aliphatic carbocycles. The molecule has 0 saturated carbocycles. The Kier molecular flexibility index (Phi) is 3.22. The summed E-state index contributed by atoms with van der Waals surface area (Å²) in [5.74, 6) is 0. The van der Waals surface area contributed by atoms with E-state index in [4.69, 9.17) is 5.73 Å². The van der Waals surface area contributed by atoms with Crippen molar-refractivity contribution in [3.05, 3.63) is 35.5 Å². The monoisotopic (exact) mass is 250 g/mol. The molecule has 3 rings (SSSR count). The Labute approximate surface area is 106 Å². The van der Waals surface area contributed by atoms with E-state index in [1.165, 1.54) is 0 Å². The maximum absolute atomic E-state index is 9.67. The molecule has 3 N–H and O–H groups in total. The van der Waals surface area contributed by atoms with Gasteiger partial charge in [0.1, 0.15) is 0 Å². The van der Waals surface area contributed by atoms with Gasteiger partial charge in [-0.2, -0.15) is 0 Å². The Hall–Kier alpha value is -1.32. The Balaban J connectivity index is 0.00000108. The Bertz CT molecular complexity index is 556. The van der Waals surface area contributed by atoms with E-state index in [0.717, 1.165) is 40.7 Å². The van der Waals surface area contributed by atoms with E-state index in [1.54, 1.807) is 0 Å². The summed E-state index contributed by atoms with van der Waals surface area (Å²) in [6, 6.07) is 7.90. The third-order valence-corrected chi connectivity index (χ3v) is 3.28. The highest BCUT2D eigenvalue weighted by Gasteiger charge is 2.21. The fraction of sp³-hybridized carbons (Fsp3) is 0.308. The summed E-state index contributed by atoms with van der Waals surface area (Å²) in [5.41, 5.74) is 9.99. The average molecular weight is 251 g/mol. The lowest BCUT2D eigenvalue weighted by atomic mass is 9.91. The zero-order chi connectivity index (χ0) is 11.1. The molecule has 1 unspecified atom stereocenters. The van der Waals surface area contributed by atoms with Crippen LogP contribution in [0.4, 0.5) is 5.69 Å². The summed E-state index contributed by atoms with van der Waals surface area (Å²) in [6.07, 6.45) is 1.99. The third-order valence-electron chi connectivity index (χ3n) is 3.28. The van der Waals surface area contributed by atoms with Crippen LogP contribution < -0.4 is 5.73 Å².